The van der Waals surface area contributed by atoms with Crippen LogP contribution in [0.4, 0.5) is 36.3 Å². The lowest BCUT2D eigenvalue weighted by atomic mass is 9.90. The summed E-state index contributed by atoms with van der Waals surface area (Å²) in [4.78, 5) is 30.3. The van der Waals surface area contributed by atoms with E-state index in [0.717, 1.165) is 81.4 Å². The SMILES string of the molecule is CCc1cc(N2CCN(C3CCN(C)CC3)CC2)ccc1Nc1ncc(C(F)(F)F)c(NCCCN2C(=O)C3CCCC2C3)n1. The van der Waals surface area contributed by atoms with Crippen LogP contribution < -0.4 is 15.5 Å². The number of aromatic nitrogens is 2. The molecule has 12 heteroatoms. The number of carbonyl (C=O) groups is 1. The summed E-state index contributed by atoms with van der Waals surface area (Å²) in [6.07, 6.45) is 3.99. The number of benzene rings is 1. The van der Waals surface area contributed by atoms with E-state index in [2.05, 4.69) is 61.4 Å². The van der Waals surface area contributed by atoms with Crippen molar-refractivity contribution in [3.63, 3.8) is 0 Å². The van der Waals surface area contributed by atoms with Gasteiger partial charge < -0.3 is 25.3 Å². The maximum atomic E-state index is 13.8. The molecule has 4 heterocycles. The lowest BCUT2D eigenvalue weighted by molar-refractivity contribution is -0.137. The molecule has 2 atom stereocenters. The van der Waals surface area contributed by atoms with Gasteiger partial charge in [-0.3, -0.25) is 9.69 Å². The molecule has 1 aromatic carbocycles. The number of piperazine rings is 1. The maximum absolute atomic E-state index is 13.8. The summed E-state index contributed by atoms with van der Waals surface area (Å²) in [6.45, 7) is 9.30. The zero-order chi connectivity index (χ0) is 31.6. The normalized spacial score (nSPS) is 23.5. The number of hydrogen-bond acceptors (Lipinski definition) is 8. The number of fused-ring (bicyclic) bond motifs is 2. The summed E-state index contributed by atoms with van der Waals surface area (Å²) in [7, 11) is 2.20. The first-order chi connectivity index (χ1) is 21.7. The van der Waals surface area contributed by atoms with Gasteiger partial charge in [0, 0.05) is 74.8 Å². The van der Waals surface area contributed by atoms with E-state index in [0.29, 0.717) is 19.0 Å². The van der Waals surface area contributed by atoms with Crippen molar-refractivity contribution in [2.75, 3.05) is 74.9 Å². The van der Waals surface area contributed by atoms with Crippen LogP contribution in [0.2, 0.25) is 0 Å². The summed E-state index contributed by atoms with van der Waals surface area (Å²) in [6, 6.07) is 7.19. The lowest BCUT2D eigenvalue weighted by Crippen LogP contribution is -2.53. The molecule has 9 nitrogen and oxygen atoms in total. The number of hydrogen-bond donors (Lipinski definition) is 2. The van der Waals surface area contributed by atoms with Crippen LogP contribution in [0.3, 0.4) is 0 Å². The Kier molecular flexibility index (Phi) is 9.70. The molecule has 3 saturated heterocycles. The van der Waals surface area contributed by atoms with E-state index in [4.69, 9.17) is 0 Å². The number of aryl methyl sites for hydroxylation is 1. The highest BCUT2D eigenvalue weighted by Gasteiger charge is 2.41. The van der Waals surface area contributed by atoms with Crippen LogP contribution in [0.25, 0.3) is 0 Å². The summed E-state index contributed by atoms with van der Waals surface area (Å²) in [5, 5.41) is 6.07. The van der Waals surface area contributed by atoms with Gasteiger partial charge in [0.25, 0.3) is 0 Å². The molecular weight excluding hydrogens is 581 g/mol. The topological polar surface area (TPSA) is 79.9 Å². The Balaban J connectivity index is 1.08. The highest BCUT2D eigenvalue weighted by atomic mass is 19.4. The van der Waals surface area contributed by atoms with Crippen molar-refractivity contribution < 1.29 is 18.0 Å². The Morgan fingerprint density at radius 2 is 1.78 bits per heavy atom. The number of nitrogens with zero attached hydrogens (tertiary/aromatic N) is 6. The smallest absolute Gasteiger partial charge is 0.369 e. The monoisotopic (exact) mass is 628 g/mol. The van der Waals surface area contributed by atoms with Crippen LogP contribution in [-0.2, 0) is 17.4 Å². The number of anilines is 4. The summed E-state index contributed by atoms with van der Waals surface area (Å²) in [5.41, 5.74) is 2.11. The molecule has 2 aromatic rings. The Bertz CT molecular complexity index is 1320. The van der Waals surface area contributed by atoms with Gasteiger partial charge in [0.2, 0.25) is 11.9 Å². The second kappa shape index (κ2) is 13.7. The highest BCUT2D eigenvalue weighted by molar-refractivity contribution is 5.81. The molecule has 0 spiro atoms. The number of piperidine rings is 1. The Labute approximate surface area is 264 Å². The van der Waals surface area contributed by atoms with Gasteiger partial charge in [-0.25, -0.2) is 4.98 Å². The van der Waals surface area contributed by atoms with E-state index in [9.17, 15) is 18.0 Å². The van der Waals surface area contributed by atoms with E-state index in [1.165, 1.54) is 25.9 Å². The molecule has 4 aliphatic rings. The standard InChI is InChI=1S/C33H47F3N8O/c1-3-23-20-26(43-18-16-42(17-19-43)25-10-14-41(2)15-11-25)8-9-29(23)39-32-38-22-28(33(34,35)36)30(40-32)37-12-5-13-44-27-7-4-6-24(21-27)31(44)45/h8-9,20,22,24-25,27H,3-7,10-19,21H2,1-2H3,(H2,37,38,39,40). The number of alkyl halides is 3. The van der Waals surface area contributed by atoms with Gasteiger partial charge in [-0.1, -0.05) is 13.3 Å². The number of carbonyl (C=O) groups excluding carboxylic acids is 1. The first-order valence-electron chi connectivity index (χ1n) is 16.8. The molecule has 3 aliphatic heterocycles. The van der Waals surface area contributed by atoms with Crippen LogP contribution in [-0.4, -0.2) is 102 Å². The van der Waals surface area contributed by atoms with Crippen molar-refractivity contribution >= 4 is 29.0 Å². The number of nitrogens with one attached hydrogen (secondary N) is 2. The molecule has 1 aromatic heterocycles. The van der Waals surface area contributed by atoms with E-state index >= 15 is 0 Å². The molecule has 1 aliphatic carbocycles. The Morgan fingerprint density at radius 3 is 2.49 bits per heavy atom. The molecule has 45 heavy (non-hydrogen) atoms. The van der Waals surface area contributed by atoms with Gasteiger partial charge in [-0.15, -0.1) is 0 Å². The minimum atomic E-state index is -4.59. The summed E-state index contributed by atoms with van der Waals surface area (Å²) in [5.74, 6) is 0.201. The molecule has 1 saturated carbocycles. The van der Waals surface area contributed by atoms with Crippen molar-refractivity contribution in [1.29, 1.82) is 0 Å². The average Bonchev–Trinajstić information content (AvgIpc) is 3.25. The van der Waals surface area contributed by atoms with E-state index < -0.39 is 11.7 Å². The Morgan fingerprint density at radius 1 is 1.00 bits per heavy atom. The highest BCUT2D eigenvalue weighted by Crippen LogP contribution is 2.37. The van der Waals surface area contributed by atoms with Crippen molar-refractivity contribution in [2.45, 2.75) is 76.6 Å². The first kappa shape index (κ1) is 31.8. The minimum absolute atomic E-state index is 0.114. The molecule has 2 bridgehead atoms. The maximum Gasteiger partial charge on any atom is 0.421 e. The molecule has 2 N–H and O–H groups in total. The van der Waals surface area contributed by atoms with Gasteiger partial charge in [0.15, 0.2) is 0 Å². The fourth-order valence-corrected chi connectivity index (χ4v) is 7.64. The van der Waals surface area contributed by atoms with Crippen molar-refractivity contribution in [2.24, 2.45) is 5.92 Å². The summed E-state index contributed by atoms with van der Waals surface area (Å²) < 4.78 is 41.5. The van der Waals surface area contributed by atoms with Crippen LogP contribution in [0, 0.1) is 5.92 Å². The first-order valence-corrected chi connectivity index (χ1v) is 16.8. The molecule has 4 fully saturated rings. The van der Waals surface area contributed by atoms with E-state index in [1.807, 2.05) is 11.0 Å². The second-order valence-electron chi connectivity index (χ2n) is 13.2. The van der Waals surface area contributed by atoms with E-state index in [-0.39, 0.29) is 36.2 Å². The predicted molar refractivity (Wildman–Crippen MR) is 171 cm³/mol. The van der Waals surface area contributed by atoms with Gasteiger partial charge >= 0.3 is 6.18 Å². The zero-order valence-corrected chi connectivity index (χ0v) is 26.6. The van der Waals surface area contributed by atoms with Gasteiger partial charge in [-0.2, -0.15) is 18.2 Å². The molecule has 0 radical (unpaired) electrons. The molecule has 246 valence electrons. The number of rotatable bonds is 10. The van der Waals surface area contributed by atoms with Crippen molar-refractivity contribution in [3.8, 4) is 0 Å². The quantitative estimate of drug-likeness (QED) is 0.347. The van der Waals surface area contributed by atoms with Crippen LogP contribution in [0.1, 0.15) is 63.0 Å². The zero-order valence-electron chi connectivity index (χ0n) is 26.6. The third-order valence-corrected chi connectivity index (χ3v) is 10.3. The van der Waals surface area contributed by atoms with E-state index in [1.54, 1.807) is 0 Å². The summed E-state index contributed by atoms with van der Waals surface area (Å²) >= 11 is 0. The van der Waals surface area contributed by atoms with Crippen LogP contribution in [0.15, 0.2) is 24.4 Å². The molecule has 2 unspecified atom stereocenters. The number of likely N-dealkylation sites (tertiary alicyclic amines) is 2. The van der Waals surface area contributed by atoms with Gasteiger partial charge in [0.05, 0.1) is 0 Å². The molecule has 6 rings (SSSR count). The number of amides is 1. The largest absolute Gasteiger partial charge is 0.421 e. The van der Waals surface area contributed by atoms with Crippen molar-refractivity contribution in [1.82, 2.24) is 24.7 Å². The second-order valence-corrected chi connectivity index (χ2v) is 13.2. The third kappa shape index (κ3) is 7.32. The lowest BCUT2D eigenvalue weighted by Gasteiger charge is -2.43. The number of halogens is 3. The van der Waals surface area contributed by atoms with Crippen LogP contribution in [0.5, 0.6) is 0 Å². The fraction of sp³-hybridized carbons (Fsp3) is 0.667. The third-order valence-electron chi connectivity index (χ3n) is 10.3. The molecule has 1 amide bonds. The minimum Gasteiger partial charge on any atom is -0.369 e. The van der Waals surface area contributed by atoms with Gasteiger partial charge in [-0.05, 0) is 88.8 Å². The van der Waals surface area contributed by atoms with Crippen molar-refractivity contribution in [3.05, 3.63) is 35.5 Å². The van der Waals surface area contributed by atoms with Crippen LogP contribution >= 0.6 is 0 Å². The average molecular weight is 629 g/mol. The van der Waals surface area contributed by atoms with Gasteiger partial charge in [0.1, 0.15) is 11.4 Å². The fourth-order valence-electron chi connectivity index (χ4n) is 7.64. The Hall–Kier alpha value is -3.12. The molecular formula is C33H47F3N8O. The predicted octanol–water partition coefficient (Wildman–Crippen LogP) is 5.22.